The lowest BCUT2D eigenvalue weighted by Crippen LogP contribution is -2.48. The Labute approximate surface area is 232 Å². The van der Waals surface area contributed by atoms with Gasteiger partial charge in [0.1, 0.15) is 0 Å². The highest BCUT2D eigenvalue weighted by Crippen LogP contribution is 2.28. The molecule has 2 amide bonds. The summed E-state index contributed by atoms with van der Waals surface area (Å²) >= 11 is 6.43. The van der Waals surface area contributed by atoms with Crippen LogP contribution >= 0.6 is 39.0 Å². The van der Waals surface area contributed by atoms with Crippen molar-refractivity contribution in [3.05, 3.63) is 94.3 Å². The molecule has 1 saturated heterocycles. The molecule has 4 aromatic rings. The van der Waals surface area contributed by atoms with Crippen LogP contribution in [0.15, 0.2) is 93.1 Å². The average molecular weight is 594 g/mol. The number of rotatable bonds is 7. The predicted molar refractivity (Wildman–Crippen MR) is 156 cm³/mol. The quantitative estimate of drug-likeness (QED) is 0.256. The number of hydrogen-bond donors (Lipinski definition) is 1. The molecule has 1 aliphatic rings. The molecule has 0 spiro atoms. The first-order valence-electron chi connectivity index (χ1n) is 11.9. The molecule has 0 atom stereocenters. The fourth-order valence-corrected chi connectivity index (χ4v) is 6.15. The van der Waals surface area contributed by atoms with Gasteiger partial charge in [0.25, 0.3) is 5.91 Å². The third kappa shape index (κ3) is 6.60. The third-order valence-electron chi connectivity index (χ3n) is 6.03. The van der Waals surface area contributed by atoms with Crippen molar-refractivity contribution in [1.82, 2.24) is 9.88 Å². The maximum Gasteiger partial charge on any atom is 0.254 e. The van der Waals surface area contributed by atoms with Crippen molar-refractivity contribution < 1.29 is 9.59 Å². The van der Waals surface area contributed by atoms with E-state index in [1.165, 1.54) is 11.8 Å². The number of thiazole rings is 1. The average Bonchev–Trinajstić information content (AvgIpc) is 3.42. The smallest absolute Gasteiger partial charge is 0.254 e. The van der Waals surface area contributed by atoms with Gasteiger partial charge >= 0.3 is 0 Å². The van der Waals surface area contributed by atoms with E-state index < -0.39 is 0 Å². The fraction of sp³-hybridized carbons (Fsp3) is 0.179. The Balaban J connectivity index is 1.09. The van der Waals surface area contributed by atoms with E-state index in [1.54, 1.807) is 11.3 Å². The van der Waals surface area contributed by atoms with Gasteiger partial charge < -0.3 is 15.1 Å². The highest BCUT2D eigenvalue weighted by atomic mass is 79.9. The van der Waals surface area contributed by atoms with Gasteiger partial charge in [0, 0.05) is 58.5 Å². The van der Waals surface area contributed by atoms with Gasteiger partial charge in [-0.25, -0.2) is 4.98 Å². The van der Waals surface area contributed by atoms with Gasteiger partial charge in [-0.2, -0.15) is 0 Å². The number of amides is 2. The third-order valence-corrected chi connectivity index (χ3v) is 8.55. The Morgan fingerprint density at radius 2 is 1.70 bits per heavy atom. The van der Waals surface area contributed by atoms with Crippen LogP contribution in [0.5, 0.6) is 0 Å². The number of carbonyl (C=O) groups is 2. The highest BCUT2D eigenvalue weighted by Gasteiger charge is 2.22. The Kier molecular flexibility index (Phi) is 8.23. The van der Waals surface area contributed by atoms with E-state index in [-0.39, 0.29) is 11.8 Å². The number of aromatic nitrogens is 1. The number of thioether (sulfide) groups is 1. The lowest BCUT2D eigenvalue weighted by atomic mass is 10.1. The molecule has 1 fully saturated rings. The first-order chi connectivity index (χ1) is 18.0. The van der Waals surface area contributed by atoms with Crippen LogP contribution in [0.2, 0.25) is 0 Å². The first kappa shape index (κ1) is 25.5. The fourth-order valence-electron chi connectivity index (χ4n) is 4.12. The van der Waals surface area contributed by atoms with Crippen LogP contribution in [0, 0.1) is 0 Å². The van der Waals surface area contributed by atoms with E-state index in [0.717, 1.165) is 44.5 Å². The lowest BCUT2D eigenvalue weighted by Gasteiger charge is -2.36. The molecule has 1 aromatic heterocycles. The standard InChI is InChI=1S/C28H25BrN4O2S2/c29-22-8-4-7-21(17-22)27(35)33-15-13-32(14-16-33)24-11-9-23(10-12-24)30-26(34)19-37-28-31-25(18-36-28)20-5-2-1-3-6-20/h1-12,17-18H,13-16,19H2,(H,30,34). The molecule has 6 nitrogen and oxygen atoms in total. The Morgan fingerprint density at radius 3 is 2.43 bits per heavy atom. The largest absolute Gasteiger partial charge is 0.368 e. The number of piperazine rings is 1. The van der Waals surface area contributed by atoms with Gasteiger partial charge in [-0.3, -0.25) is 9.59 Å². The van der Waals surface area contributed by atoms with Crippen molar-refractivity contribution in [2.75, 3.05) is 42.1 Å². The van der Waals surface area contributed by atoms with Gasteiger partial charge in [0.2, 0.25) is 5.91 Å². The second-order valence-corrected chi connectivity index (χ2v) is 11.5. The van der Waals surface area contributed by atoms with E-state index >= 15 is 0 Å². The Bertz CT molecular complexity index is 1370. The van der Waals surface area contributed by atoms with Crippen molar-refractivity contribution in [1.29, 1.82) is 0 Å². The van der Waals surface area contributed by atoms with E-state index in [2.05, 4.69) is 31.1 Å². The maximum absolute atomic E-state index is 12.8. The monoisotopic (exact) mass is 592 g/mol. The number of nitrogens with one attached hydrogen (secondary N) is 1. The summed E-state index contributed by atoms with van der Waals surface area (Å²) in [5.41, 5.74) is 4.56. The Morgan fingerprint density at radius 1 is 0.946 bits per heavy atom. The van der Waals surface area contributed by atoms with Gasteiger partial charge in [-0.15, -0.1) is 11.3 Å². The molecule has 0 saturated carbocycles. The minimum absolute atomic E-state index is 0.0610. The van der Waals surface area contributed by atoms with Crippen LogP contribution in [0.4, 0.5) is 11.4 Å². The minimum atomic E-state index is -0.0612. The van der Waals surface area contributed by atoms with E-state index in [1.807, 2.05) is 89.1 Å². The number of anilines is 2. The number of nitrogens with zero attached hydrogens (tertiary/aromatic N) is 3. The van der Waals surface area contributed by atoms with E-state index in [0.29, 0.717) is 24.4 Å². The number of carbonyl (C=O) groups excluding carboxylic acids is 2. The summed E-state index contributed by atoms with van der Waals surface area (Å²) in [6, 6.07) is 25.4. The summed E-state index contributed by atoms with van der Waals surface area (Å²) in [5.74, 6) is 0.303. The van der Waals surface area contributed by atoms with Crippen LogP contribution in [0.3, 0.4) is 0 Å². The van der Waals surface area contributed by atoms with Gasteiger partial charge in [-0.1, -0.05) is 64.1 Å². The molecular weight excluding hydrogens is 568 g/mol. The molecule has 1 N–H and O–H groups in total. The van der Waals surface area contributed by atoms with Crippen LogP contribution < -0.4 is 10.2 Å². The first-order valence-corrected chi connectivity index (χ1v) is 14.5. The number of hydrogen-bond acceptors (Lipinski definition) is 6. The molecule has 9 heteroatoms. The zero-order chi connectivity index (χ0) is 25.6. The Hall–Kier alpha value is -3.14. The van der Waals surface area contributed by atoms with E-state index in [9.17, 15) is 9.59 Å². The zero-order valence-electron chi connectivity index (χ0n) is 20.0. The zero-order valence-corrected chi connectivity index (χ0v) is 23.2. The van der Waals surface area contributed by atoms with Crippen molar-refractivity contribution in [2.45, 2.75) is 4.34 Å². The van der Waals surface area contributed by atoms with Gasteiger partial charge in [0.15, 0.2) is 4.34 Å². The molecule has 2 heterocycles. The summed E-state index contributed by atoms with van der Waals surface area (Å²) < 4.78 is 1.78. The van der Waals surface area contributed by atoms with Crippen molar-refractivity contribution in [3.63, 3.8) is 0 Å². The van der Waals surface area contributed by atoms with Crippen LogP contribution in [-0.2, 0) is 4.79 Å². The second kappa shape index (κ2) is 11.9. The second-order valence-electron chi connectivity index (χ2n) is 8.54. The van der Waals surface area contributed by atoms with Gasteiger partial charge in [-0.05, 0) is 42.5 Å². The summed E-state index contributed by atoms with van der Waals surface area (Å²) in [6.07, 6.45) is 0. The minimum Gasteiger partial charge on any atom is -0.368 e. The van der Waals surface area contributed by atoms with Crippen molar-refractivity contribution in [3.8, 4) is 11.3 Å². The van der Waals surface area contributed by atoms with E-state index in [4.69, 9.17) is 0 Å². The molecule has 37 heavy (non-hydrogen) atoms. The molecule has 1 aliphatic heterocycles. The lowest BCUT2D eigenvalue weighted by molar-refractivity contribution is -0.113. The maximum atomic E-state index is 12.8. The molecular formula is C28H25BrN4O2S2. The molecule has 0 bridgehead atoms. The normalized spacial score (nSPS) is 13.4. The molecule has 188 valence electrons. The van der Waals surface area contributed by atoms with Gasteiger partial charge in [0.05, 0.1) is 11.4 Å². The van der Waals surface area contributed by atoms with Crippen LogP contribution in [0.1, 0.15) is 10.4 Å². The number of halogens is 1. The molecule has 5 rings (SSSR count). The molecule has 0 aliphatic carbocycles. The van der Waals surface area contributed by atoms with Crippen molar-refractivity contribution >= 4 is 62.2 Å². The SMILES string of the molecule is O=C(CSc1nc(-c2ccccc2)cs1)Nc1ccc(N2CCN(C(=O)c3cccc(Br)c3)CC2)cc1. The molecule has 0 radical (unpaired) electrons. The predicted octanol–water partition coefficient (Wildman–Crippen LogP) is 6.27. The number of benzene rings is 3. The summed E-state index contributed by atoms with van der Waals surface area (Å²) in [5, 5.41) is 4.99. The molecule has 3 aromatic carbocycles. The highest BCUT2D eigenvalue weighted by molar-refractivity contribution is 9.10. The van der Waals surface area contributed by atoms with Crippen LogP contribution in [0.25, 0.3) is 11.3 Å². The summed E-state index contributed by atoms with van der Waals surface area (Å²) in [7, 11) is 0. The van der Waals surface area contributed by atoms with Crippen LogP contribution in [-0.4, -0.2) is 53.6 Å². The van der Waals surface area contributed by atoms with Crippen molar-refractivity contribution in [2.24, 2.45) is 0 Å². The summed E-state index contributed by atoms with van der Waals surface area (Å²) in [4.78, 5) is 34.1. The topological polar surface area (TPSA) is 65.5 Å². The summed E-state index contributed by atoms with van der Waals surface area (Å²) in [6.45, 7) is 2.87. The molecule has 0 unspecified atom stereocenters.